The Labute approximate surface area is 172 Å². The molecule has 2 bridgehead atoms. The molecule has 1 aromatic heterocycles. The zero-order valence-electron chi connectivity index (χ0n) is 16.7. The lowest BCUT2D eigenvalue weighted by molar-refractivity contribution is -0.148. The number of hydrogen-bond donors (Lipinski definition) is 1. The first kappa shape index (κ1) is 21.3. The Morgan fingerprint density at radius 2 is 1.79 bits per heavy atom. The molecule has 2 fully saturated rings. The van der Waals surface area contributed by atoms with Gasteiger partial charge in [-0.2, -0.15) is 0 Å². The summed E-state index contributed by atoms with van der Waals surface area (Å²) in [7, 11) is 2.44. The molecule has 1 heterocycles. The summed E-state index contributed by atoms with van der Waals surface area (Å²) in [6, 6.07) is 0. The number of carbonyl (C=O) groups is 4. The third kappa shape index (κ3) is 4.60. The predicted octanol–water partition coefficient (Wildman–Crippen LogP) is 2.94. The van der Waals surface area contributed by atoms with Gasteiger partial charge in [0.15, 0.2) is 6.61 Å². The first-order valence-electron chi connectivity index (χ1n) is 9.59. The van der Waals surface area contributed by atoms with Gasteiger partial charge in [-0.1, -0.05) is 6.42 Å². The molecule has 1 amide bonds. The monoisotopic (exact) mass is 423 g/mol. The molecular formula is C20H25NO7S. The van der Waals surface area contributed by atoms with E-state index in [-0.39, 0.29) is 21.4 Å². The van der Waals surface area contributed by atoms with Gasteiger partial charge < -0.3 is 19.5 Å². The Kier molecular flexibility index (Phi) is 6.56. The normalized spacial score (nSPS) is 22.2. The molecule has 0 radical (unpaired) electrons. The van der Waals surface area contributed by atoms with Gasteiger partial charge in [0.2, 0.25) is 0 Å². The fraction of sp³-hybridized carbons (Fsp3) is 0.600. The lowest BCUT2D eigenvalue weighted by Crippen LogP contribution is -2.23. The topological polar surface area (TPSA) is 108 Å². The number of nitrogens with one attached hydrogen (secondary N) is 1. The first-order valence-corrected chi connectivity index (χ1v) is 10.4. The van der Waals surface area contributed by atoms with Crippen molar-refractivity contribution in [2.24, 2.45) is 17.8 Å². The molecular weight excluding hydrogens is 398 g/mol. The molecule has 2 aliphatic rings. The van der Waals surface area contributed by atoms with Gasteiger partial charge in [-0.3, -0.25) is 9.59 Å². The number of carbonyl (C=O) groups excluding carboxylic acids is 4. The van der Waals surface area contributed by atoms with E-state index in [2.05, 4.69) is 5.32 Å². The highest BCUT2D eigenvalue weighted by Crippen LogP contribution is 2.49. The van der Waals surface area contributed by atoms with Gasteiger partial charge in [0.25, 0.3) is 5.91 Å². The third-order valence-corrected chi connectivity index (χ3v) is 7.02. The number of thiophene rings is 1. The summed E-state index contributed by atoms with van der Waals surface area (Å²) in [5.74, 6) is -0.568. The maximum absolute atomic E-state index is 12.3. The minimum absolute atomic E-state index is 0.0829. The summed E-state index contributed by atoms with van der Waals surface area (Å²) in [4.78, 5) is 48.5. The van der Waals surface area contributed by atoms with Crippen LogP contribution in [0.3, 0.4) is 0 Å². The van der Waals surface area contributed by atoms with Crippen LogP contribution in [0.4, 0.5) is 5.00 Å². The molecule has 0 aliphatic heterocycles. The van der Waals surface area contributed by atoms with Crippen molar-refractivity contribution in [1.82, 2.24) is 0 Å². The van der Waals surface area contributed by atoms with Crippen LogP contribution in [0.2, 0.25) is 0 Å². The van der Waals surface area contributed by atoms with Crippen LogP contribution in [0.1, 0.15) is 57.7 Å². The van der Waals surface area contributed by atoms with E-state index in [4.69, 9.17) is 14.2 Å². The Balaban J connectivity index is 1.58. The van der Waals surface area contributed by atoms with Crippen molar-refractivity contribution in [3.8, 4) is 0 Å². The van der Waals surface area contributed by atoms with Crippen LogP contribution in [0.5, 0.6) is 0 Å². The Bertz CT molecular complexity index is 831. The summed E-state index contributed by atoms with van der Waals surface area (Å²) >= 11 is 0.912. The van der Waals surface area contributed by atoms with Crippen LogP contribution in [0.15, 0.2) is 0 Å². The SMILES string of the molecule is COC(=O)c1sc(NC(=O)COC(=O)CC2CC3CCC2C3)c(C(=O)OC)c1C. The number of fused-ring (bicyclic) bond motifs is 2. The zero-order chi connectivity index (χ0) is 21.1. The van der Waals surface area contributed by atoms with Gasteiger partial charge in [-0.05, 0) is 49.5 Å². The van der Waals surface area contributed by atoms with E-state index in [0.717, 1.165) is 23.7 Å². The van der Waals surface area contributed by atoms with Crippen molar-refractivity contribution in [1.29, 1.82) is 0 Å². The lowest BCUT2D eigenvalue weighted by Gasteiger charge is -2.20. The second-order valence-electron chi connectivity index (χ2n) is 7.59. The van der Waals surface area contributed by atoms with E-state index < -0.39 is 24.5 Å². The average molecular weight is 423 g/mol. The maximum atomic E-state index is 12.3. The number of ether oxygens (including phenoxy) is 3. The predicted molar refractivity (Wildman–Crippen MR) is 105 cm³/mol. The number of amides is 1. The number of esters is 3. The second-order valence-corrected chi connectivity index (χ2v) is 8.61. The fourth-order valence-electron chi connectivity index (χ4n) is 4.45. The number of rotatable bonds is 7. The average Bonchev–Trinajstić information content (AvgIpc) is 3.40. The summed E-state index contributed by atoms with van der Waals surface area (Å²) in [5.41, 5.74) is 0.442. The Morgan fingerprint density at radius 3 is 2.38 bits per heavy atom. The van der Waals surface area contributed by atoms with Crippen LogP contribution >= 0.6 is 11.3 Å². The first-order chi connectivity index (χ1) is 13.8. The van der Waals surface area contributed by atoms with Gasteiger partial charge in [-0.25, -0.2) is 9.59 Å². The number of hydrogen-bond acceptors (Lipinski definition) is 8. The fourth-order valence-corrected chi connectivity index (χ4v) is 5.57. The smallest absolute Gasteiger partial charge is 0.348 e. The van der Waals surface area contributed by atoms with E-state index in [0.29, 0.717) is 23.8 Å². The van der Waals surface area contributed by atoms with E-state index >= 15 is 0 Å². The molecule has 3 rings (SSSR count). The molecule has 0 saturated heterocycles. The molecule has 29 heavy (non-hydrogen) atoms. The van der Waals surface area contributed by atoms with Gasteiger partial charge in [-0.15, -0.1) is 11.3 Å². The minimum Gasteiger partial charge on any atom is -0.465 e. The molecule has 158 valence electrons. The summed E-state index contributed by atoms with van der Waals surface area (Å²) in [5, 5.41) is 2.69. The molecule has 8 nitrogen and oxygen atoms in total. The quantitative estimate of drug-likeness (QED) is 0.531. The van der Waals surface area contributed by atoms with Gasteiger partial charge in [0.1, 0.15) is 9.88 Å². The van der Waals surface area contributed by atoms with Crippen molar-refractivity contribution < 1.29 is 33.4 Å². The van der Waals surface area contributed by atoms with Crippen LogP contribution in [0.25, 0.3) is 0 Å². The van der Waals surface area contributed by atoms with Gasteiger partial charge in [0.05, 0.1) is 19.8 Å². The van der Waals surface area contributed by atoms with E-state index in [1.54, 1.807) is 6.92 Å². The summed E-state index contributed by atoms with van der Waals surface area (Å²) in [6.07, 6.45) is 5.05. The van der Waals surface area contributed by atoms with E-state index in [1.165, 1.54) is 33.5 Å². The lowest BCUT2D eigenvalue weighted by atomic mass is 9.86. The molecule has 0 spiro atoms. The van der Waals surface area contributed by atoms with Crippen molar-refractivity contribution in [3.05, 3.63) is 16.0 Å². The molecule has 3 unspecified atom stereocenters. The molecule has 0 aromatic carbocycles. The van der Waals surface area contributed by atoms with E-state index in [1.807, 2.05) is 0 Å². The zero-order valence-corrected chi connectivity index (χ0v) is 17.6. The Hall–Kier alpha value is -2.42. The maximum Gasteiger partial charge on any atom is 0.348 e. The van der Waals surface area contributed by atoms with Crippen LogP contribution in [0, 0.1) is 24.7 Å². The largest absolute Gasteiger partial charge is 0.465 e. The molecule has 1 aromatic rings. The standard InChI is InChI=1S/C20H25NO7S/c1-10-16(19(24)26-2)18(29-17(10)20(25)27-3)21-14(22)9-28-15(23)8-13-7-11-4-5-12(13)6-11/h11-13H,4-9H2,1-3H3,(H,21,22). The van der Waals surface area contributed by atoms with Gasteiger partial charge in [0, 0.05) is 6.42 Å². The van der Waals surface area contributed by atoms with Crippen LogP contribution < -0.4 is 5.32 Å². The van der Waals surface area contributed by atoms with Gasteiger partial charge >= 0.3 is 17.9 Å². The van der Waals surface area contributed by atoms with Crippen molar-refractivity contribution in [2.45, 2.75) is 39.0 Å². The number of anilines is 1. The summed E-state index contributed by atoms with van der Waals surface area (Å²) < 4.78 is 14.6. The van der Waals surface area contributed by atoms with Crippen molar-refractivity contribution in [3.63, 3.8) is 0 Å². The minimum atomic E-state index is -0.683. The highest BCUT2D eigenvalue weighted by Gasteiger charge is 2.40. The molecule has 9 heteroatoms. The summed E-state index contributed by atoms with van der Waals surface area (Å²) in [6.45, 7) is 1.12. The highest BCUT2D eigenvalue weighted by molar-refractivity contribution is 7.18. The highest BCUT2D eigenvalue weighted by atomic mass is 32.1. The molecule has 1 N–H and O–H groups in total. The Morgan fingerprint density at radius 1 is 1.07 bits per heavy atom. The molecule has 3 atom stereocenters. The van der Waals surface area contributed by atoms with Crippen LogP contribution in [-0.4, -0.2) is 44.6 Å². The third-order valence-electron chi connectivity index (χ3n) is 5.84. The second kappa shape index (κ2) is 8.94. The van der Waals surface area contributed by atoms with Crippen molar-refractivity contribution in [2.75, 3.05) is 26.1 Å². The van der Waals surface area contributed by atoms with Crippen LogP contribution in [-0.2, 0) is 23.8 Å². The molecule has 2 saturated carbocycles. The van der Waals surface area contributed by atoms with E-state index in [9.17, 15) is 19.2 Å². The number of methoxy groups -OCH3 is 2. The molecule has 2 aliphatic carbocycles. The van der Waals surface area contributed by atoms with Crippen molar-refractivity contribution >= 4 is 40.2 Å².